The van der Waals surface area contributed by atoms with Gasteiger partial charge in [0.1, 0.15) is 22.9 Å². The quantitative estimate of drug-likeness (QED) is 0.359. The molecular formula is C26H23N5O2. The van der Waals surface area contributed by atoms with Crippen LogP contribution in [0.4, 0.5) is 0 Å². The lowest BCUT2D eigenvalue weighted by Gasteiger charge is -2.19. The van der Waals surface area contributed by atoms with Crippen LogP contribution in [0, 0.1) is 25.2 Å². The van der Waals surface area contributed by atoms with Crippen molar-refractivity contribution in [2.75, 3.05) is 7.11 Å². The monoisotopic (exact) mass is 437 g/mol. The number of benzene rings is 2. The van der Waals surface area contributed by atoms with Crippen LogP contribution in [0.3, 0.4) is 0 Å². The van der Waals surface area contributed by atoms with Crippen molar-refractivity contribution in [2.24, 2.45) is 0 Å². The maximum atomic E-state index is 9.46. The zero-order valence-electron chi connectivity index (χ0n) is 19.0. The third-order valence-electron chi connectivity index (χ3n) is 6.12. The molecule has 0 bridgehead atoms. The number of ether oxygens (including phenoxy) is 1. The summed E-state index contributed by atoms with van der Waals surface area (Å²) in [5.74, 6) is 2.14. The first-order chi connectivity index (χ1) is 16.0. The molecule has 3 heterocycles. The second kappa shape index (κ2) is 8.06. The molecule has 2 aromatic carbocycles. The molecule has 0 unspecified atom stereocenters. The first-order valence-corrected chi connectivity index (χ1v) is 10.8. The Kier molecular flexibility index (Phi) is 5.06. The Hall–Kier alpha value is -4.18. The number of nitrogens with zero attached hydrogens (tertiary/aromatic N) is 5. The number of hydrogen-bond acceptors (Lipinski definition) is 6. The predicted molar refractivity (Wildman–Crippen MR) is 126 cm³/mol. The van der Waals surface area contributed by atoms with Crippen LogP contribution in [0.2, 0.25) is 0 Å². The lowest BCUT2D eigenvalue weighted by molar-refractivity contribution is 0.393. The summed E-state index contributed by atoms with van der Waals surface area (Å²) in [5, 5.41) is 14.5. The van der Waals surface area contributed by atoms with Gasteiger partial charge in [-0.3, -0.25) is 4.98 Å². The van der Waals surface area contributed by atoms with E-state index in [0.29, 0.717) is 11.6 Å². The molecule has 0 radical (unpaired) electrons. The van der Waals surface area contributed by atoms with E-state index in [1.807, 2.05) is 44.2 Å². The molecule has 7 nitrogen and oxygen atoms in total. The molecule has 1 atom stereocenters. The molecule has 7 heteroatoms. The van der Waals surface area contributed by atoms with Crippen molar-refractivity contribution in [3.8, 4) is 22.9 Å². The highest BCUT2D eigenvalue weighted by molar-refractivity contribution is 6.05. The number of nitriles is 1. The maximum absolute atomic E-state index is 9.46. The highest BCUT2D eigenvalue weighted by Gasteiger charge is 2.22. The van der Waals surface area contributed by atoms with Gasteiger partial charge in [-0.1, -0.05) is 35.5 Å². The summed E-state index contributed by atoms with van der Waals surface area (Å²) in [6.07, 6.45) is 1.98. The van der Waals surface area contributed by atoms with Gasteiger partial charge < -0.3 is 13.8 Å². The van der Waals surface area contributed by atoms with Gasteiger partial charge in [0.25, 0.3) is 0 Å². The molecule has 164 valence electrons. The minimum absolute atomic E-state index is 0.0154. The van der Waals surface area contributed by atoms with Gasteiger partial charge in [-0.2, -0.15) is 5.26 Å². The highest BCUT2D eigenvalue weighted by Crippen LogP contribution is 2.40. The molecule has 0 saturated carbocycles. The van der Waals surface area contributed by atoms with Crippen LogP contribution in [-0.2, 0) is 6.42 Å². The molecule has 33 heavy (non-hydrogen) atoms. The first-order valence-electron chi connectivity index (χ1n) is 10.8. The minimum Gasteiger partial charge on any atom is -0.496 e. The zero-order valence-corrected chi connectivity index (χ0v) is 19.0. The number of aromatic nitrogens is 4. The number of aryl methyl sites for hydroxylation is 2. The Morgan fingerprint density at radius 1 is 1.15 bits per heavy atom. The molecule has 3 aromatic heterocycles. The summed E-state index contributed by atoms with van der Waals surface area (Å²) in [7, 11) is 1.65. The van der Waals surface area contributed by atoms with Crippen molar-refractivity contribution in [3.63, 3.8) is 0 Å². The standard InChI is InChI=1S/C26H23N5O2/c1-15-25(17(3)33-30-15)20-12-21-19(13-23(20)32-4)26-22(14-28-21)29-24(10-11-27)31(26)16(2)18-8-6-5-7-9-18/h5-9,12-14,16H,10H2,1-4H3/t16-/m1/s1. The fourth-order valence-electron chi connectivity index (χ4n) is 4.58. The van der Waals surface area contributed by atoms with Crippen molar-refractivity contribution in [3.05, 3.63) is 71.5 Å². The first kappa shape index (κ1) is 20.7. The Morgan fingerprint density at radius 3 is 2.61 bits per heavy atom. The largest absolute Gasteiger partial charge is 0.496 e. The van der Waals surface area contributed by atoms with Gasteiger partial charge >= 0.3 is 0 Å². The average molecular weight is 438 g/mol. The maximum Gasteiger partial charge on any atom is 0.141 e. The summed E-state index contributed by atoms with van der Waals surface area (Å²) in [6, 6.07) is 16.5. The fraction of sp³-hybridized carbons (Fsp3) is 0.231. The van der Waals surface area contributed by atoms with Gasteiger partial charge in [0, 0.05) is 10.9 Å². The van der Waals surface area contributed by atoms with E-state index in [4.69, 9.17) is 19.2 Å². The van der Waals surface area contributed by atoms with Crippen molar-refractivity contribution in [2.45, 2.75) is 33.2 Å². The third kappa shape index (κ3) is 3.31. The molecule has 0 aliphatic carbocycles. The van der Waals surface area contributed by atoms with E-state index in [-0.39, 0.29) is 12.5 Å². The second-order valence-corrected chi connectivity index (χ2v) is 8.08. The van der Waals surface area contributed by atoms with Crippen LogP contribution in [0.25, 0.3) is 33.1 Å². The lowest BCUT2D eigenvalue weighted by Crippen LogP contribution is -2.10. The van der Waals surface area contributed by atoms with E-state index in [0.717, 1.165) is 50.1 Å². The van der Waals surface area contributed by atoms with Crippen molar-refractivity contribution in [1.82, 2.24) is 19.7 Å². The molecule has 0 spiro atoms. The topological polar surface area (TPSA) is 89.8 Å². The zero-order chi connectivity index (χ0) is 23.1. The van der Waals surface area contributed by atoms with Crippen LogP contribution < -0.4 is 4.74 Å². The molecule has 5 rings (SSSR count). The Labute approximate surface area is 191 Å². The SMILES string of the molecule is COc1cc2c(cc1-c1c(C)noc1C)ncc1nc(CC#N)n([C@H](C)c3ccccc3)c12. The fourth-order valence-corrected chi connectivity index (χ4v) is 4.58. The Morgan fingerprint density at radius 2 is 1.94 bits per heavy atom. The van der Waals surface area contributed by atoms with Crippen LogP contribution in [0.15, 0.2) is 53.2 Å². The van der Waals surface area contributed by atoms with Crippen LogP contribution in [0.5, 0.6) is 5.75 Å². The molecule has 0 amide bonds. The van der Waals surface area contributed by atoms with Gasteiger partial charge in [-0.15, -0.1) is 0 Å². The summed E-state index contributed by atoms with van der Waals surface area (Å²) in [4.78, 5) is 9.46. The number of rotatable bonds is 5. The average Bonchev–Trinajstić information content (AvgIpc) is 3.37. The number of fused-ring (bicyclic) bond motifs is 3. The Bertz CT molecular complexity index is 1510. The number of imidazole rings is 1. The van der Waals surface area contributed by atoms with Crippen molar-refractivity contribution < 1.29 is 9.26 Å². The third-order valence-corrected chi connectivity index (χ3v) is 6.12. The molecule has 0 aliphatic rings. The second-order valence-electron chi connectivity index (χ2n) is 8.08. The van der Waals surface area contributed by atoms with Crippen LogP contribution in [-0.4, -0.2) is 26.8 Å². The molecule has 0 saturated heterocycles. The van der Waals surface area contributed by atoms with E-state index in [2.05, 4.69) is 34.8 Å². The number of methoxy groups -OCH3 is 1. The summed E-state index contributed by atoms with van der Waals surface area (Å²) < 4.78 is 13.3. The van der Waals surface area contributed by atoms with Gasteiger partial charge in [0.05, 0.1) is 54.1 Å². The molecule has 0 N–H and O–H groups in total. The van der Waals surface area contributed by atoms with Crippen LogP contribution in [0.1, 0.15) is 35.8 Å². The normalized spacial score (nSPS) is 12.2. The minimum atomic E-state index is -0.0154. The van der Waals surface area contributed by atoms with Gasteiger partial charge in [-0.25, -0.2) is 4.98 Å². The van der Waals surface area contributed by atoms with Crippen molar-refractivity contribution in [1.29, 1.82) is 5.26 Å². The number of pyridine rings is 1. The van der Waals surface area contributed by atoms with E-state index < -0.39 is 0 Å². The highest BCUT2D eigenvalue weighted by atomic mass is 16.5. The van der Waals surface area contributed by atoms with E-state index in [9.17, 15) is 5.26 Å². The summed E-state index contributed by atoms with van der Waals surface area (Å²) >= 11 is 0. The molecule has 5 aromatic rings. The van der Waals surface area contributed by atoms with Gasteiger partial charge in [0.2, 0.25) is 0 Å². The molecular weight excluding hydrogens is 414 g/mol. The van der Waals surface area contributed by atoms with E-state index >= 15 is 0 Å². The van der Waals surface area contributed by atoms with Gasteiger partial charge in [0.15, 0.2) is 0 Å². The molecule has 0 aliphatic heterocycles. The molecule has 0 fully saturated rings. The summed E-state index contributed by atoms with van der Waals surface area (Å²) in [5.41, 5.74) is 6.22. The Balaban J connectivity index is 1.83. The van der Waals surface area contributed by atoms with E-state index in [1.165, 1.54) is 0 Å². The van der Waals surface area contributed by atoms with Gasteiger partial charge in [-0.05, 0) is 38.5 Å². The predicted octanol–water partition coefficient (Wildman–Crippen LogP) is 5.54. The van der Waals surface area contributed by atoms with E-state index in [1.54, 1.807) is 13.3 Å². The summed E-state index contributed by atoms with van der Waals surface area (Å²) in [6.45, 7) is 5.93. The smallest absolute Gasteiger partial charge is 0.141 e. The van der Waals surface area contributed by atoms with Crippen LogP contribution >= 0.6 is 0 Å². The van der Waals surface area contributed by atoms with Crippen molar-refractivity contribution >= 4 is 21.9 Å². The lowest BCUT2D eigenvalue weighted by atomic mass is 10.00. The number of hydrogen-bond donors (Lipinski definition) is 0.